The van der Waals surface area contributed by atoms with Crippen molar-refractivity contribution in [2.75, 3.05) is 0 Å². The highest BCUT2D eigenvalue weighted by atomic mass is 16.5. The zero-order valence-corrected chi connectivity index (χ0v) is 25.9. The van der Waals surface area contributed by atoms with E-state index in [9.17, 15) is 0 Å². The average molecular weight is 603 g/mol. The highest BCUT2D eigenvalue weighted by molar-refractivity contribution is 6.03. The van der Waals surface area contributed by atoms with E-state index >= 15 is 0 Å². The standard InChI is InChI=1S/C44H30N2O/c1-43-25-7-6-14-40(43)44(35-12-4-2-10-33(35)34-11-3-5-13-36(34)44)37-27-32(22-24-39(37)47-43)28-15-17-29(18-16-28)38-23-21-31-20-19-30-9-8-26-45-41(30)42(31)46-38/h2-24,26-27H,25H2,1H3. The summed E-state index contributed by atoms with van der Waals surface area (Å²) in [6.45, 7) is 2.25. The highest BCUT2D eigenvalue weighted by Gasteiger charge is 2.57. The molecule has 0 radical (unpaired) electrons. The zero-order valence-electron chi connectivity index (χ0n) is 25.9. The molecule has 1 spiro atoms. The Kier molecular flexibility index (Phi) is 5.40. The van der Waals surface area contributed by atoms with Crippen LogP contribution in [-0.2, 0) is 5.41 Å². The van der Waals surface area contributed by atoms with Gasteiger partial charge in [-0.2, -0.15) is 0 Å². The van der Waals surface area contributed by atoms with E-state index in [0.29, 0.717) is 0 Å². The van der Waals surface area contributed by atoms with E-state index in [-0.39, 0.29) is 0 Å². The van der Waals surface area contributed by atoms with Crippen molar-refractivity contribution in [3.63, 3.8) is 0 Å². The van der Waals surface area contributed by atoms with Gasteiger partial charge >= 0.3 is 0 Å². The van der Waals surface area contributed by atoms with Crippen molar-refractivity contribution in [3.05, 3.63) is 174 Å². The lowest BCUT2D eigenvalue weighted by molar-refractivity contribution is 0.102. The number of hydrogen-bond acceptors (Lipinski definition) is 3. The summed E-state index contributed by atoms with van der Waals surface area (Å²) in [6, 6.07) is 45.9. The highest BCUT2D eigenvalue weighted by Crippen LogP contribution is 2.63. The molecule has 3 heteroatoms. The Balaban J connectivity index is 1.13. The van der Waals surface area contributed by atoms with Crippen LogP contribution in [0.5, 0.6) is 5.75 Å². The third kappa shape index (κ3) is 3.63. The Morgan fingerprint density at radius 1 is 0.617 bits per heavy atom. The molecule has 0 amide bonds. The lowest BCUT2D eigenvalue weighted by Gasteiger charge is -2.50. The van der Waals surface area contributed by atoms with Crippen molar-refractivity contribution >= 4 is 21.8 Å². The van der Waals surface area contributed by atoms with E-state index in [1.54, 1.807) is 0 Å². The van der Waals surface area contributed by atoms with Gasteiger partial charge in [-0.25, -0.2) is 4.98 Å². The summed E-state index contributed by atoms with van der Waals surface area (Å²) in [7, 11) is 0. The van der Waals surface area contributed by atoms with Gasteiger partial charge in [0.1, 0.15) is 11.4 Å². The molecule has 7 aromatic rings. The Bertz CT molecular complexity index is 2440. The molecule has 1 atom stereocenters. The van der Waals surface area contributed by atoms with Gasteiger partial charge in [-0.1, -0.05) is 121 Å². The van der Waals surface area contributed by atoms with Crippen LogP contribution in [0.25, 0.3) is 55.3 Å². The predicted molar refractivity (Wildman–Crippen MR) is 191 cm³/mol. The van der Waals surface area contributed by atoms with Gasteiger partial charge in [0.2, 0.25) is 0 Å². The molecule has 3 aliphatic rings. The van der Waals surface area contributed by atoms with Crippen LogP contribution in [0.3, 0.4) is 0 Å². The van der Waals surface area contributed by atoms with Crippen LogP contribution in [0.15, 0.2) is 157 Å². The molecule has 1 aliphatic heterocycles. The Hall–Kier alpha value is -5.80. The van der Waals surface area contributed by atoms with Crippen molar-refractivity contribution in [2.24, 2.45) is 0 Å². The van der Waals surface area contributed by atoms with Crippen molar-refractivity contribution in [3.8, 4) is 39.3 Å². The summed E-state index contributed by atoms with van der Waals surface area (Å²) < 4.78 is 6.94. The first-order valence-corrected chi connectivity index (χ1v) is 16.3. The largest absolute Gasteiger partial charge is 0.482 e. The van der Waals surface area contributed by atoms with E-state index in [0.717, 1.165) is 56.4 Å². The molecule has 47 heavy (non-hydrogen) atoms. The number of benzene rings is 5. The van der Waals surface area contributed by atoms with Crippen LogP contribution < -0.4 is 4.74 Å². The normalized spacial score (nSPS) is 18.3. The summed E-state index contributed by atoms with van der Waals surface area (Å²) >= 11 is 0. The molecule has 222 valence electrons. The van der Waals surface area contributed by atoms with Gasteiger partial charge in [-0.3, -0.25) is 4.98 Å². The summed E-state index contributed by atoms with van der Waals surface area (Å²) in [5.74, 6) is 0.952. The van der Waals surface area contributed by atoms with Crippen LogP contribution in [0.2, 0.25) is 0 Å². The predicted octanol–water partition coefficient (Wildman–Crippen LogP) is 10.5. The maximum absolute atomic E-state index is 6.94. The minimum absolute atomic E-state index is 0.441. The summed E-state index contributed by atoms with van der Waals surface area (Å²) in [4.78, 5) is 9.72. The molecule has 2 aromatic heterocycles. The van der Waals surface area contributed by atoms with Crippen molar-refractivity contribution in [2.45, 2.75) is 24.4 Å². The maximum Gasteiger partial charge on any atom is 0.132 e. The van der Waals surface area contributed by atoms with Crippen molar-refractivity contribution < 1.29 is 4.74 Å². The molecule has 0 N–H and O–H groups in total. The molecule has 10 rings (SSSR count). The molecule has 5 aromatic carbocycles. The maximum atomic E-state index is 6.94. The SMILES string of the molecule is CC12CC=CC=C1C1(c3cc(-c4ccc(-c5ccc6ccc7cccnc7c6n5)cc4)ccc3O2)c2ccccc2-c2ccccc21. The van der Waals surface area contributed by atoms with E-state index in [1.165, 1.54) is 33.4 Å². The second-order valence-electron chi connectivity index (χ2n) is 13.1. The van der Waals surface area contributed by atoms with E-state index in [2.05, 4.69) is 151 Å². The van der Waals surface area contributed by atoms with Crippen molar-refractivity contribution in [1.29, 1.82) is 0 Å². The Labute approximate surface area is 273 Å². The second-order valence-corrected chi connectivity index (χ2v) is 13.1. The molecule has 3 nitrogen and oxygen atoms in total. The van der Waals surface area contributed by atoms with Gasteiger partial charge < -0.3 is 4.74 Å². The number of ether oxygens (including phenoxy) is 1. The Morgan fingerprint density at radius 2 is 1.30 bits per heavy atom. The van der Waals surface area contributed by atoms with Gasteiger partial charge in [-0.15, -0.1) is 0 Å². The number of rotatable bonds is 2. The molecule has 2 aliphatic carbocycles. The van der Waals surface area contributed by atoms with Crippen LogP contribution in [-0.4, -0.2) is 15.6 Å². The number of hydrogen-bond donors (Lipinski definition) is 0. The molecule has 3 heterocycles. The average Bonchev–Trinajstić information content (AvgIpc) is 3.42. The van der Waals surface area contributed by atoms with Gasteiger partial charge in [0.25, 0.3) is 0 Å². The van der Waals surface area contributed by atoms with Crippen LogP contribution in [0.1, 0.15) is 30.0 Å². The number of allylic oxidation sites excluding steroid dienone is 2. The van der Waals surface area contributed by atoms with Gasteiger partial charge in [0.15, 0.2) is 0 Å². The third-order valence-electron chi connectivity index (χ3n) is 10.5. The number of nitrogens with zero attached hydrogens (tertiary/aromatic N) is 2. The minimum atomic E-state index is -0.442. The molecular formula is C44H30N2O. The summed E-state index contributed by atoms with van der Waals surface area (Å²) in [5, 5.41) is 2.19. The fourth-order valence-electron chi connectivity index (χ4n) is 8.37. The number of pyridine rings is 2. The van der Waals surface area contributed by atoms with Gasteiger partial charge in [0, 0.05) is 34.5 Å². The fraction of sp³-hybridized carbons (Fsp3) is 0.0909. The summed E-state index contributed by atoms with van der Waals surface area (Å²) in [6.07, 6.45) is 9.42. The van der Waals surface area contributed by atoms with E-state index < -0.39 is 11.0 Å². The number of fused-ring (bicyclic) bond motifs is 12. The third-order valence-corrected chi connectivity index (χ3v) is 10.5. The zero-order chi connectivity index (χ0) is 31.2. The first kappa shape index (κ1) is 26.4. The van der Waals surface area contributed by atoms with Gasteiger partial charge in [0.05, 0.1) is 22.1 Å². The molecule has 0 bridgehead atoms. The first-order valence-electron chi connectivity index (χ1n) is 16.3. The second kappa shape index (κ2) is 9.60. The molecule has 0 saturated carbocycles. The van der Waals surface area contributed by atoms with Crippen molar-refractivity contribution in [1.82, 2.24) is 9.97 Å². The van der Waals surface area contributed by atoms with Crippen LogP contribution in [0.4, 0.5) is 0 Å². The molecule has 0 saturated heterocycles. The van der Waals surface area contributed by atoms with Crippen LogP contribution >= 0.6 is 0 Å². The lowest BCUT2D eigenvalue weighted by Crippen LogP contribution is -2.50. The lowest BCUT2D eigenvalue weighted by atomic mass is 9.59. The quantitative estimate of drug-likeness (QED) is 0.185. The molecule has 0 fully saturated rings. The van der Waals surface area contributed by atoms with E-state index in [4.69, 9.17) is 9.72 Å². The minimum Gasteiger partial charge on any atom is -0.482 e. The number of aromatic nitrogens is 2. The van der Waals surface area contributed by atoms with Crippen LogP contribution in [0, 0.1) is 0 Å². The topological polar surface area (TPSA) is 35.0 Å². The summed E-state index contributed by atoms with van der Waals surface area (Å²) in [5.41, 5.74) is 13.1. The molecular weight excluding hydrogens is 572 g/mol. The smallest absolute Gasteiger partial charge is 0.132 e. The fourth-order valence-corrected chi connectivity index (χ4v) is 8.37. The molecule has 1 unspecified atom stereocenters. The first-order chi connectivity index (χ1) is 23.1. The monoisotopic (exact) mass is 602 g/mol. The Morgan fingerprint density at radius 3 is 2.09 bits per heavy atom. The van der Waals surface area contributed by atoms with E-state index in [1.807, 2.05) is 12.3 Å². The van der Waals surface area contributed by atoms with Gasteiger partial charge in [-0.05, 0) is 70.1 Å².